The quantitative estimate of drug-likeness (QED) is 0.534. The zero-order valence-electron chi connectivity index (χ0n) is 22.8. The molecule has 198 valence electrons. The van der Waals surface area contributed by atoms with Crippen LogP contribution < -0.4 is 15.4 Å². The van der Waals surface area contributed by atoms with E-state index in [9.17, 15) is 9.59 Å². The van der Waals surface area contributed by atoms with Crippen LogP contribution in [0.4, 0.5) is 4.79 Å². The maximum Gasteiger partial charge on any atom is 0.317 e. The van der Waals surface area contributed by atoms with Gasteiger partial charge in [0, 0.05) is 44.9 Å². The summed E-state index contributed by atoms with van der Waals surface area (Å²) < 4.78 is 5.00. The molecule has 1 fully saturated rings. The van der Waals surface area contributed by atoms with Gasteiger partial charge in [-0.15, -0.1) is 0 Å². The van der Waals surface area contributed by atoms with E-state index in [1.165, 1.54) is 5.56 Å². The molecule has 0 radical (unpaired) electrons. The maximum atomic E-state index is 12.3. The molecule has 1 aliphatic rings. The largest absolute Gasteiger partial charge is 0.495 e. The number of benzene rings is 1. The SMILES string of the molecule is C=Cc1ccncc1OC.CC.CC(=O)NCC(C)C1CCN(C(=O)NCc2cccc(C)c2)CC1. The first-order chi connectivity index (χ1) is 17.3. The Morgan fingerprint density at radius 3 is 2.47 bits per heavy atom. The standard InChI is InChI=1S/C19H29N3O2.C8H9NO.C2H6/c1-14-5-4-6-17(11-14)13-21-19(24)22-9-7-18(8-10-22)15(2)12-20-16(3)23;1-3-7-4-5-9-6-8(7)10-2;1-2/h4-6,11,15,18H,7-10,12-13H2,1-3H3,(H,20,23)(H,21,24);3-6H,1H2,2H3;1-2H3. The predicted octanol–water partition coefficient (Wildman–Crippen LogP) is 5.45. The van der Waals surface area contributed by atoms with Crippen LogP contribution in [0.5, 0.6) is 5.75 Å². The summed E-state index contributed by atoms with van der Waals surface area (Å²) in [5, 5.41) is 5.90. The topological polar surface area (TPSA) is 83.6 Å². The average Bonchev–Trinajstić information content (AvgIpc) is 2.91. The minimum absolute atomic E-state index is 0.0180. The summed E-state index contributed by atoms with van der Waals surface area (Å²) in [5.41, 5.74) is 3.30. The van der Waals surface area contributed by atoms with Crippen molar-refractivity contribution in [2.24, 2.45) is 11.8 Å². The fourth-order valence-corrected chi connectivity index (χ4v) is 3.98. The van der Waals surface area contributed by atoms with Crippen molar-refractivity contribution >= 4 is 18.0 Å². The number of aryl methyl sites for hydroxylation is 1. The van der Waals surface area contributed by atoms with Crippen LogP contribution in [0.25, 0.3) is 6.08 Å². The molecular formula is C29H44N4O3. The predicted molar refractivity (Wildman–Crippen MR) is 148 cm³/mol. The molecule has 0 spiro atoms. The second-order valence-electron chi connectivity index (χ2n) is 8.71. The molecule has 2 N–H and O–H groups in total. The lowest BCUT2D eigenvalue weighted by molar-refractivity contribution is -0.119. The van der Waals surface area contributed by atoms with Gasteiger partial charge in [-0.3, -0.25) is 9.78 Å². The number of amides is 3. The van der Waals surface area contributed by atoms with Gasteiger partial charge in [-0.05, 0) is 43.2 Å². The number of hydrogen-bond donors (Lipinski definition) is 2. The molecule has 1 aromatic heterocycles. The summed E-state index contributed by atoms with van der Waals surface area (Å²) in [7, 11) is 1.62. The molecule has 2 aromatic rings. The highest BCUT2D eigenvalue weighted by Crippen LogP contribution is 2.24. The number of rotatable bonds is 7. The van der Waals surface area contributed by atoms with Crippen molar-refractivity contribution in [1.29, 1.82) is 0 Å². The molecule has 2 heterocycles. The van der Waals surface area contributed by atoms with Gasteiger partial charge in [-0.2, -0.15) is 0 Å². The van der Waals surface area contributed by atoms with E-state index in [1.54, 1.807) is 32.5 Å². The fraction of sp³-hybridized carbons (Fsp3) is 0.483. The van der Waals surface area contributed by atoms with Crippen LogP contribution in [-0.2, 0) is 11.3 Å². The molecule has 1 aromatic carbocycles. The van der Waals surface area contributed by atoms with Crippen molar-refractivity contribution in [3.05, 3.63) is 66.0 Å². The van der Waals surface area contributed by atoms with E-state index >= 15 is 0 Å². The lowest BCUT2D eigenvalue weighted by Gasteiger charge is -2.35. The van der Waals surface area contributed by atoms with Gasteiger partial charge in [0.1, 0.15) is 5.75 Å². The van der Waals surface area contributed by atoms with Crippen LogP contribution in [-0.4, -0.2) is 48.6 Å². The number of methoxy groups -OCH3 is 1. The van der Waals surface area contributed by atoms with Crippen molar-refractivity contribution in [2.45, 2.75) is 54.0 Å². The van der Waals surface area contributed by atoms with Crippen LogP contribution in [0.2, 0.25) is 0 Å². The number of nitrogens with one attached hydrogen (secondary N) is 2. The molecule has 36 heavy (non-hydrogen) atoms. The number of piperidine rings is 1. The number of hydrogen-bond acceptors (Lipinski definition) is 4. The number of ether oxygens (including phenoxy) is 1. The van der Waals surface area contributed by atoms with Crippen LogP contribution >= 0.6 is 0 Å². The Hall–Kier alpha value is -3.35. The Balaban J connectivity index is 0.000000450. The first kappa shape index (κ1) is 30.7. The Labute approximate surface area is 217 Å². The summed E-state index contributed by atoms with van der Waals surface area (Å²) >= 11 is 0. The van der Waals surface area contributed by atoms with Gasteiger partial charge in [-0.25, -0.2) is 4.79 Å². The zero-order valence-corrected chi connectivity index (χ0v) is 22.8. The smallest absolute Gasteiger partial charge is 0.317 e. The molecule has 3 rings (SSSR count). The molecule has 7 heteroatoms. The third-order valence-electron chi connectivity index (χ3n) is 6.09. The van der Waals surface area contributed by atoms with Crippen molar-refractivity contribution in [3.63, 3.8) is 0 Å². The number of aromatic nitrogens is 1. The number of nitrogens with zero attached hydrogens (tertiary/aromatic N) is 2. The zero-order chi connectivity index (χ0) is 26.9. The van der Waals surface area contributed by atoms with E-state index < -0.39 is 0 Å². The number of pyridine rings is 1. The summed E-state index contributed by atoms with van der Waals surface area (Å²) in [6.07, 6.45) is 7.11. The minimum Gasteiger partial charge on any atom is -0.495 e. The van der Waals surface area contributed by atoms with E-state index in [0.29, 0.717) is 18.4 Å². The molecule has 3 amide bonds. The van der Waals surface area contributed by atoms with E-state index in [0.717, 1.165) is 49.4 Å². The second kappa shape index (κ2) is 17.1. The van der Waals surface area contributed by atoms with Gasteiger partial charge in [0.25, 0.3) is 0 Å². The third kappa shape index (κ3) is 10.9. The molecule has 1 aliphatic heterocycles. The lowest BCUT2D eigenvalue weighted by atomic mass is 9.85. The van der Waals surface area contributed by atoms with Crippen molar-refractivity contribution in [2.75, 3.05) is 26.7 Å². The molecule has 0 aliphatic carbocycles. The van der Waals surface area contributed by atoms with Gasteiger partial charge < -0.3 is 20.3 Å². The normalized spacial score (nSPS) is 13.7. The fourth-order valence-electron chi connectivity index (χ4n) is 3.98. The summed E-state index contributed by atoms with van der Waals surface area (Å²) in [4.78, 5) is 29.1. The average molecular weight is 497 g/mol. The minimum atomic E-state index is 0.0180. The molecular weight excluding hydrogens is 452 g/mol. The summed E-state index contributed by atoms with van der Waals surface area (Å²) in [6.45, 7) is 16.3. The Morgan fingerprint density at radius 1 is 1.22 bits per heavy atom. The van der Waals surface area contributed by atoms with Crippen molar-refractivity contribution < 1.29 is 14.3 Å². The molecule has 1 saturated heterocycles. The monoisotopic (exact) mass is 496 g/mol. The number of likely N-dealkylation sites (tertiary alicyclic amines) is 1. The first-order valence-corrected chi connectivity index (χ1v) is 12.8. The summed E-state index contributed by atoms with van der Waals surface area (Å²) in [5.74, 6) is 1.80. The lowest BCUT2D eigenvalue weighted by Crippen LogP contribution is -2.45. The Kier molecular flexibility index (Phi) is 14.6. The van der Waals surface area contributed by atoms with Crippen molar-refractivity contribution in [3.8, 4) is 5.75 Å². The van der Waals surface area contributed by atoms with Gasteiger partial charge in [0.2, 0.25) is 5.91 Å². The van der Waals surface area contributed by atoms with Gasteiger partial charge in [0.15, 0.2) is 0 Å². The van der Waals surface area contributed by atoms with Crippen molar-refractivity contribution in [1.82, 2.24) is 20.5 Å². The Morgan fingerprint density at radius 2 is 1.92 bits per heavy atom. The molecule has 1 atom stereocenters. The number of carbonyl (C=O) groups excluding carboxylic acids is 2. The molecule has 1 unspecified atom stereocenters. The van der Waals surface area contributed by atoms with E-state index in [4.69, 9.17) is 4.74 Å². The van der Waals surface area contributed by atoms with Crippen LogP contribution in [0.15, 0.2) is 49.3 Å². The molecule has 0 bridgehead atoms. The van der Waals surface area contributed by atoms with Gasteiger partial charge in [-0.1, -0.05) is 63.3 Å². The summed E-state index contributed by atoms with van der Waals surface area (Å²) in [6, 6.07) is 10.1. The molecule has 7 nitrogen and oxygen atoms in total. The van der Waals surface area contributed by atoms with Crippen LogP contribution in [0, 0.1) is 18.8 Å². The third-order valence-corrected chi connectivity index (χ3v) is 6.09. The highest BCUT2D eigenvalue weighted by atomic mass is 16.5. The van der Waals surface area contributed by atoms with E-state index in [2.05, 4.69) is 48.2 Å². The Bertz CT molecular complexity index is 940. The first-order valence-electron chi connectivity index (χ1n) is 12.8. The van der Waals surface area contributed by atoms with E-state index in [-0.39, 0.29) is 11.9 Å². The second-order valence-corrected chi connectivity index (χ2v) is 8.71. The molecule has 0 saturated carbocycles. The number of carbonyl (C=O) groups is 2. The van der Waals surface area contributed by atoms with Crippen LogP contribution in [0.1, 0.15) is 57.2 Å². The maximum absolute atomic E-state index is 12.3. The number of urea groups is 1. The van der Waals surface area contributed by atoms with Gasteiger partial charge in [0.05, 0.1) is 13.3 Å². The van der Waals surface area contributed by atoms with E-state index in [1.807, 2.05) is 36.9 Å². The van der Waals surface area contributed by atoms with Crippen LogP contribution in [0.3, 0.4) is 0 Å². The highest BCUT2D eigenvalue weighted by molar-refractivity contribution is 5.74. The van der Waals surface area contributed by atoms with Gasteiger partial charge >= 0.3 is 6.03 Å². The highest BCUT2D eigenvalue weighted by Gasteiger charge is 2.26.